The molecular formula is C25H37N3O3. The van der Waals surface area contributed by atoms with Crippen LogP contribution >= 0.6 is 0 Å². The number of pyridine rings is 1. The van der Waals surface area contributed by atoms with Crippen molar-refractivity contribution in [2.24, 2.45) is 0 Å². The highest BCUT2D eigenvalue weighted by Gasteiger charge is 2.40. The van der Waals surface area contributed by atoms with Gasteiger partial charge in [0.1, 0.15) is 5.75 Å². The summed E-state index contributed by atoms with van der Waals surface area (Å²) < 4.78 is 16.8. The van der Waals surface area contributed by atoms with Gasteiger partial charge in [0.25, 0.3) is 0 Å². The van der Waals surface area contributed by atoms with E-state index in [0.29, 0.717) is 17.5 Å². The quantitative estimate of drug-likeness (QED) is 0.673. The van der Waals surface area contributed by atoms with E-state index in [2.05, 4.69) is 49.0 Å². The minimum Gasteiger partial charge on any atom is -0.496 e. The van der Waals surface area contributed by atoms with Crippen molar-refractivity contribution in [3.8, 4) is 17.2 Å². The topological polar surface area (TPSA) is 55.9 Å². The van der Waals surface area contributed by atoms with E-state index in [0.717, 1.165) is 42.9 Å². The van der Waals surface area contributed by atoms with Crippen molar-refractivity contribution in [3.63, 3.8) is 0 Å². The van der Waals surface area contributed by atoms with Crippen molar-refractivity contribution >= 4 is 0 Å². The second kappa shape index (κ2) is 9.45. The average Bonchev–Trinajstić information content (AvgIpc) is 2.71. The second-order valence-corrected chi connectivity index (χ2v) is 9.70. The number of piperidine rings is 1. The normalized spacial score (nSPS) is 18.1. The molecule has 31 heavy (non-hydrogen) atoms. The van der Waals surface area contributed by atoms with Gasteiger partial charge in [-0.25, -0.2) is 0 Å². The SMILES string of the molecule is COc1cc(OC)c(OC)cc1CN(Cc1ccccn1)C1CC(C)(C)NC(C)(C)C1. The van der Waals surface area contributed by atoms with E-state index in [-0.39, 0.29) is 11.1 Å². The Morgan fingerprint density at radius 3 is 2.06 bits per heavy atom. The molecule has 1 aliphatic rings. The zero-order valence-electron chi connectivity index (χ0n) is 20.0. The van der Waals surface area contributed by atoms with Crippen LogP contribution < -0.4 is 19.5 Å². The molecule has 0 unspecified atom stereocenters. The smallest absolute Gasteiger partial charge is 0.164 e. The van der Waals surface area contributed by atoms with E-state index in [1.54, 1.807) is 21.3 Å². The number of methoxy groups -OCH3 is 3. The van der Waals surface area contributed by atoms with Gasteiger partial charge in [-0.1, -0.05) is 6.07 Å². The molecular weight excluding hydrogens is 390 g/mol. The fourth-order valence-electron chi connectivity index (χ4n) is 4.98. The standard InChI is InChI=1S/C25H37N3O3/c1-24(2)14-20(15-25(3,4)27-24)28(17-19-10-8-9-11-26-19)16-18-12-22(30-6)23(31-7)13-21(18)29-5/h8-13,20,27H,14-17H2,1-7H3. The fourth-order valence-corrected chi connectivity index (χ4v) is 4.98. The Bertz CT molecular complexity index is 852. The van der Waals surface area contributed by atoms with Crippen molar-refractivity contribution in [2.75, 3.05) is 21.3 Å². The molecule has 0 atom stereocenters. The predicted octanol–water partition coefficient (Wildman–Crippen LogP) is 4.42. The third-order valence-electron chi connectivity index (χ3n) is 5.94. The number of hydrogen-bond donors (Lipinski definition) is 1. The van der Waals surface area contributed by atoms with Crippen LogP contribution in [-0.4, -0.2) is 48.3 Å². The third-order valence-corrected chi connectivity index (χ3v) is 5.94. The van der Waals surface area contributed by atoms with Gasteiger partial charge < -0.3 is 19.5 Å². The summed E-state index contributed by atoms with van der Waals surface area (Å²) in [5.74, 6) is 2.18. The van der Waals surface area contributed by atoms with Gasteiger partial charge in [0, 0.05) is 48.0 Å². The average molecular weight is 428 g/mol. The molecule has 6 heteroatoms. The Kier molecular flexibility index (Phi) is 7.12. The van der Waals surface area contributed by atoms with Crippen LogP contribution in [0.2, 0.25) is 0 Å². The van der Waals surface area contributed by atoms with E-state index >= 15 is 0 Å². The minimum atomic E-state index is 0.0521. The van der Waals surface area contributed by atoms with Gasteiger partial charge in [-0.2, -0.15) is 0 Å². The molecule has 0 spiro atoms. The third kappa shape index (κ3) is 5.89. The minimum absolute atomic E-state index is 0.0521. The summed E-state index contributed by atoms with van der Waals surface area (Å²) in [7, 11) is 5.01. The second-order valence-electron chi connectivity index (χ2n) is 9.70. The molecule has 2 aromatic rings. The van der Waals surface area contributed by atoms with Gasteiger partial charge in [-0.15, -0.1) is 0 Å². The Labute approximate surface area is 186 Å². The maximum Gasteiger partial charge on any atom is 0.164 e. The van der Waals surface area contributed by atoms with E-state index in [9.17, 15) is 0 Å². The summed E-state index contributed by atoms with van der Waals surface area (Å²) >= 11 is 0. The number of aromatic nitrogens is 1. The highest BCUT2D eigenvalue weighted by Crippen LogP contribution is 2.38. The van der Waals surface area contributed by atoms with Crippen molar-refractivity contribution in [1.82, 2.24) is 15.2 Å². The molecule has 0 aliphatic carbocycles. The van der Waals surface area contributed by atoms with Crippen molar-refractivity contribution in [3.05, 3.63) is 47.8 Å². The molecule has 3 rings (SSSR count). The molecule has 1 aromatic heterocycles. The van der Waals surface area contributed by atoms with Crippen LogP contribution in [0.1, 0.15) is 51.8 Å². The van der Waals surface area contributed by atoms with Gasteiger partial charge in [0.15, 0.2) is 11.5 Å². The van der Waals surface area contributed by atoms with Gasteiger partial charge in [0.2, 0.25) is 0 Å². The monoisotopic (exact) mass is 427 g/mol. The Morgan fingerprint density at radius 1 is 0.903 bits per heavy atom. The molecule has 0 radical (unpaired) electrons. The van der Waals surface area contributed by atoms with Crippen LogP contribution in [-0.2, 0) is 13.1 Å². The first kappa shape index (κ1) is 23.4. The molecule has 0 saturated carbocycles. The first-order chi connectivity index (χ1) is 14.7. The van der Waals surface area contributed by atoms with Crippen LogP contribution in [0.3, 0.4) is 0 Å². The lowest BCUT2D eigenvalue weighted by Crippen LogP contribution is -2.62. The van der Waals surface area contributed by atoms with Gasteiger partial charge in [-0.05, 0) is 58.7 Å². The van der Waals surface area contributed by atoms with E-state index in [1.807, 2.05) is 30.5 Å². The summed E-state index contributed by atoms with van der Waals surface area (Å²) in [6, 6.07) is 10.4. The molecule has 1 saturated heterocycles. The number of hydrogen-bond acceptors (Lipinski definition) is 6. The highest BCUT2D eigenvalue weighted by atomic mass is 16.5. The molecule has 0 bridgehead atoms. The Balaban J connectivity index is 1.97. The van der Waals surface area contributed by atoms with E-state index in [1.165, 1.54) is 0 Å². The first-order valence-corrected chi connectivity index (χ1v) is 10.9. The summed E-state index contributed by atoms with van der Waals surface area (Å²) in [5.41, 5.74) is 2.24. The fraction of sp³-hybridized carbons (Fsp3) is 0.560. The lowest BCUT2D eigenvalue weighted by Gasteiger charge is -2.49. The number of nitrogens with one attached hydrogen (secondary N) is 1. The largest absolute Gasteiger partial charge is 0.496 e. The molecule has 6 nitrogen and oxygen atoms in total. The summed E-state index contributed by atoms with van der Waals surface area (Å²) in [6.07, 6.45) is 3.97. The molecule has 170 valence electrons. The summed E-state index contributed by atoms with van der Waals surface area (Å²) in [5, 5.41) is 3.80. The zero-order chi connectivity index (χ0) is 22.6. The Hall–Kier alpha value is -2.31. The van der Waals surface area contributed by atoms with E-state index in [4.69, 9.17) is 14.2 Å². The maximum atomic E-state index is 5.72. The van der Waals surface area contributed by atoms with Gasteiger partial charge >= 0.3 is 0 Å². The number of nitrogens with zero attached hydrogens (tertiary/aromatic N) is 2. The number of rotatable bonds is 8. The summed E-state index contributed by atoms with van der Waals surface area (Å²) in [6.45, 7) is 10.7. The van der Waals surface area contributed by atoms with Crippen LogP contribution in [0.15, 0.2) is 36.5 Å². The van der Waals surface area contributed by atoms with Crippen LogP contribution in [0.4, 0.5) is 0 Å². The van der Waals surface area contributed by atoms with Crippen molar-refractivity contribution in [1.29, 1.82) is 0 Å². The lowest BCUT2D eigenvalue weighted by atomic mass is 9.79. The van der Waals surface area contributed by atoms with E-state index < -0.39 is 0 Å². The van der Waals surface area contributed by atoms with Crippen molar-refractivity contribution < 1.29 is 14.2 Å². The maximum absolute atomic E-state index is 5.72. The van der Waals surface area contributed by atoms with Crippen LogP contribution in [0, 0.1) is 0 Å². The van der Waals surface area contributed by atoms with Crippen LogP contribution in [0.25, 0.3) is 0 Å². The van der Waals surface area contributed by atoms with Gasteiger partial charge in [0.05, 0.1) is 27.0 Å². The molecule has 2 heterocycles. The first-order valence-electron chi connectivity index (χ1n) is 10.9. The zero-order valence-corrected chi connectivity index (χ0v) is 20.0. The number of benzene rings is 1. The molecule has 1 fully saturated rings. The number of ether oxygens (including phenoxy) is 3. The summed E-state index contributed by atoms with van der Waals surface area (Å²) in [4.78, 5) is 7.12. The Morgan fingerprint density at radius 2 is 1.52 bits per heavy atom. The van der Waals surface area contributed by atoms with Crippen LogP contribution in [0.5, 0.6) is 17.2 Å². The predicted molar refractivity (Wildman–Crippen MR) is 124 cm³/mol. The highest BCUT2D eigenvalue weighted by molar-refractivity contribution is 5.50. The molecule has 1 aliphatic heterocycles. The molecule has 0 amide bonds. The molecule has 1 N–H and O–H groups in total. The lowest BCUT2D eigenvalue weighted by molar-refractivity contribution is 0.0551. The molecule has 1 aromatic carbocycles. The van der Waals surface area contributed by atoms with Crippen molar-refractivity contribution in [2.45, 2.75) is 70.7 Å². The van der Waals surface area contributed by atoms with Gasteiger partial charge in [-0.3, -0.25) is 9.88 Å².